The lowest BCUT2D eigenvalue weighted by Crippen LogP contribution is -2.36. The summed E-state index contributed by atoms with van der Waals surface area (Å²) in [6.07, 6.45) is 2.42. The third-order valence-electron chi connectivity index (χ3n) is 4.26. The average Bonchev–Trinajstić information content (AvgIpc) is 2.54. The number of halogens is 1. The van der Waals surface area contributed by atoms with Crippen LogP contribution in [0.3, 0.4) is 0 Å². The Morgan fingerprint density at radius 1 is 0.913 bits per heavy atom. The van der Waals surface area contributed by atoms with Crippen LogP contribution in [0.4, 0.5) is 0 Å². The fourth-order valence-electron chi connectivity index (χ4n) is 2.82. The van der Waals surface area contributed by atoms with Gasteiger partial charge in [0.1, 0.15) is 0 Å². The maximum absolute atomic E-state index is 3.58. The Labute approximate surface area is 154 Å². The molecule has 4 nitrogen and oxygen atoms in total. The zero-order chi connectivity index (χ0) is 16.3. The zero-order valence-corrected chi connectivity index (χ0v) is 16.5. The van der Waals surface area contributed by atoms with Crippen molar-refractivity contribution in [3.05, 3.63) is 32.9 Å². The van der Waals surface area contributed by atoms with E-state index in [1.807, 2.05) is 0 Å². The fourth-order valence-corrected chi connectivity index (χ4v) is 3.40. The third-order valence-corrected chi connectivity index (χ3v) is 5.42. The number of rotatable bonds is 2. The number of aryl methyl sites for hydroxylation is 1. The lowest BCUT2D eigenvalue weighted by Gasteiger charge is -2.23. The van der Waals surface area contributed by atoms with Gasteiger partial charge in [0.25, 0.3) is 0 Å². The smallest absolute Gasteiger partial charge is 0.0234 e. The second kappa shape index (κ2) is 11.4. The molecule has 1 aliphatic heterocycles. The van der Waals surface area contributed by atoms with Gasteiger partial charge in [0.2, 0.25) is 0 Å². The first kappa shape index (κ1) is 19.1. The van der Waals surface area contributed by atoms with Crippen LogP contribution in [0.15, 0.2) is 18.2 Å². The van der Waals surface area contributed by atoms with E-state index in [9.17, 15) is 0 Å². The highest BCUT2D eigenvalue weighted by Crippen LogP contribution is 2.15. The van der Waals surface area contributed by atoms with Crippen LogP contribution in [0.25, 0.3) is 0 Å². The van der Waals surface area contributed by atoms with Crippen LogP contribution in [0.1, 0.15) is 24.0 Å². The average molecular weight is 426 g/mol. The van der Waals surface area contributed by atoms with Crippen LogP contribution >= 0.6 is 22.6 Å². The van der Waals surface area contributed by atoms with Crippen LogP contribution in [0.5, 0.6) is 0 Å². The molecule has 5 heteroatoms. The first-order valence-electron chi connectivity index (χ1n) is 8.85. The van der Waals surface area contributed by atoms with Crippen molar-refractivity contribution in [2.24, 2.45) is 0 Å². The standard InChI is InChI=1S/C18H31IN4/c1-16-4-5-17(14-18(16)19)15-23-12-3-8-21-10-9-20-6-2-7-22-11-13-23/h4-5,14,20-22H,2-3,6-13,15H2,1H3/i19-4. The minimum Gasteiger partial charge on any atom is -0.315 e. The molecule has 0 saturated carbocycles. The van der Waals surface area contributed by atoms with E-state index in [0.29, 0.717) is 0 Å². The van der Waals surface area contributed by atoms with E-state index >= 15 is 0 Å². The number of nitrogens with one attached hydrogen (secondary N) is 3. The van der Waals surface area contributed by atoms with Crippen molar-refractivity contribution in [3.63, 3.8) is 0 Å². The summed E-state index contributed by atoms with van der Waals surface area (Å²) in [6.45, 7) is 12.1. The third kappa shape index (κ3) is 7.94. The van der Waals surface area contributed by atoms with Gasteiger partial charge in [-0.2, -0.15) is 0 Å². The van der Waals surface area contributed by atoms with Crippen molar-refractivity contribution in [3.8, 4) is 0 Å². The molecule has 0 unspecified atom stereocenters. The number of hydrogen-bond acceptors (Lipinski definition) is 4. The first-order valence-corrected chi connectivity index (χ1v) is 9.93. The monoisotopic (exact) mass is 426 g/mol. The van der Waals surface area contributed by atoms with Gasteiger partial charge in [-0.25, -0.2) is 0 Å². The maximum atomic E-state index is 3.58. The van der Waals surface area contributed by atoms with E-state index in [1.54, 1.807) is 0 Å². The summed E-state index contributed by atoms with van der Waals surface area (Å²) in [5.41, 5.74) is 2.80. The topological polar surface area (TPSA) is 39.3 Å². The van der Waals surface area contributed by atoms with Gasteiger partial charge in [-0.3, -0.25) is 4.90 Å². The first-order chi connectivity index (χ1) is 11.3. The molecule has 0 spiro atoms. The molecule has 1 saturated heterocycles. The lowest BCUT2D eigenvalue weighted by molar-refractivity contribution is 0.260. The van der Waals surface area contributed by atoms with E-state index in [4.69, 9.17) is 0 Å². The maximum Gasteiger partial charge on any atom is 0.0234 e. The van der Waals surface area contributed by atoms with Crippen molar-refractivity contribution in [1.29, 1.82) is 0 Å². The molecule has 1 fully saturated rings. The van der Waals surface area contributed by atoms with Crippen LogP contribution < -0.4 is 16.0 Å². The molecule has 0 amide bonds. The molecule has 0 atom stereocenters. The summed E-state index contributed by atoms with van der Waals surface area (Å²) in [5.74, 6) is 0. The highest BCUT2D eigenvalue weighted by Gasteiger charge is 2.07. The molecule has 23 heavy (non-hydrogen) atoms. The minimum atomic E-state index is 1.06. The number of nitrogens with zero attached hydrogens (tertiary/aromatic N) is 1. The van der Waals surface area contributed by atoms with Crippen LogP contribution in [-0.2, 0) is 6.54 Å². The molecule has 2 rings (SSSR count). The molecule has 0 bridgehead atoms. The molecule has 0 aromatic heterocycles. The molecule has 1 aromatic carbocycles. The van der Waals surface area contributed by atoms with Crippen molar-refractivity contribution in [2.45, 2.75) is 26.3 Å². The molecule has 1 aliphatic rings. The Kier molecular flexibility index (Phi) is 9.45. The largest absolute Gasteiger partial charge is 0.315 e. The van der Waals surface area contributed by atoms with Gasteiger partial charge >= 0.3 is 0 Å². The lowest BCUT2D eigenvalue weighted by atomic mass is 10.1. The van der Waals surface area contributed by atoms with Gasteiger partial charge in [-0.15, -0.1) is 0 Å². The summed E-state index contributed by atoms with van der Waals surface area (Å²) in [7, 11) is 0. The van der Waals surface area contributed by atoms with Gasteiger partial charge < -0.3 is 16.0 Å². The van der Waals surface area contributed by atoms with Crippen LogP contribution in [0, 0.1) is 10.5 Å². The van der Waals surface area contributed by atoms with Gasteiger partial charge in [-0.05, 0) is 85.7 Å². The molecular weight excluding hydrogens is 395 g/mol. The predicted octanol–water partition coefficient (Wildman–Crippen LogP) is 1.96. The summed E-state index contributed by atoms with van der Waals surface area (Å²) in [4.78, 5) is 2.58. The molecule has 1 aromatic rings. The second-order valence-corrected chi connectivity index (χ2v) is 7.48. The van der Waals surface area contributed by atoms with E-state index < -0.39 is 0 Å². The molecule has 1 heterocycles. The Morgan fingerprint density at radius 3 is 2.35 bits per heavy atom. The van der Waals surface area contributed by atoms with Crippen molar-refractivity contribution < 1.29 is 0 Å². The van der Waals surface area contributed by atoms with Gasteiger partial charge in [0, 0.05) is 36.3 Å². The predicted molar refractivity (Wildman–Crippen MR) is 107 cm³/mol. The van der Waals surface area contributed by atoms with Crippen molar-refractivity contribution in [1.82, 2.24) is 20.9 Å². The van der Waals surface area contributed by atoms with Crippen LogP contribution in [0.2, 0.25) is 0 Å². The Bertz CT molecular complexity index is 439. The summed E-state index contributed by atoms with van der Waals surface area (Å²) in [5, 5.41) is 10.6. The Hall–Kier alpha value is -0.210. The quantitative estimate of drug-likeness (QED) is 0.633. The van der Waals surface area contributed by atoms with Crippen molar-refractivity contribution in [2.75, 3.05) is 52.4 Å². The summed E-state index contributed by atoms with van der Waals surface area (Å²) < 4.78 is 1.37. The van der Waals surface area contributed by atoms with E-state index in [-0.39, 0.29) is 0 Å². The van der Waals surface area contributed by atoms with Gasteiger partial charge in [0.15, 0.2) is 0 Å². The number of hydrogen-bond donors (Lipinski definition) is 3. The molecule has 0 radical (unpaired) electrons. The highest BCUT2D eigenvalue weighted by atomic mass is 123. The van der Waals surface area contributed by atoms with Crippen LogP contribution in [-0.4, -0.2) is 57.3 Å². The van der Waals surface area contributed by atoms with Gasteiger partial charge in [-0.1, -0.05) is 12.1 Å². The Balaban J connectivity index is 1.85. The summed E-state index contributed by atoms with van der Waals surface area (Å²) in [6, 6.07) is 6.85. The normalized spacial score (nSPS) is 20.1. The fraction of sp³-hybridized carbons (Fsp3) is 0.667. The van der Waals surface area contributed by atoms with Crippen molar-refractivity contribution >= 4 is 22.6 Å². The van der Waals surface area contributed by atoms with E-state index in [0.717, 1.165) is 58.9 Å². The van der Waals surface area contributed by atoms with E-state index in [2.05, 4.69) is 68.6 Å². The zero-order valence-electron chi connectivity index (χ0n) is 14.3. The minimum absolute atomic E-state index is 1.06. The molecular formula is C18H31IN4. The molecule has 3 N–H and O–H groups in total. The Morgan fingerprint density at radius 2 is 1.61 bits per heavy atom. The van der Waals surface area contributed by atoms with E-state index in [1.165, 1.54) is 27.5 Å². The van der Waals surface area contributed by atoms with Gasteiger partial charge in [0.05, 0.1) is 0 Å². The molecule has 0 aliphatic carbocycles. The summed E-state index contributed by atoms with van der Waals surface area (Å²) >= 11 is 2.44. The SMILES string of the molecule is Cc1ccc(CN2CCCNCCNCCCNCC2)cc1[123I]. The molecule has 130 valence electrons. The number of benzene rings is 1. The second-order valence-electron chi connectivity index (χ2n) is 6.32. The highest BCUT2D eigenvalue weighted by molar-refractivity contribution is 14.1.